The van der Waals surface area contributed by atoms with Crippen LogP contribution in [0.3, 0.4) is 0 Å². The van der Waals surface area contributed by atoms with Gasteiger partial charge in [-0.1, -0.05) is 35.3 Å². The third kappa shape index (κ3) is 6.77. The highest BCUT2D eigenvalue weighted by Gasteiger charge is 2.32. The fourth-order valence-corrected chi connectivity index (χ4v) is 6.39. The lowest BCUT2D eigenvalue weighted by Gasteiger charge is -2.30. The van der Waals surface area contributed by atoms with Gasteiger partial charge in [-0.2, -0.15) is 9.41 Å². The van der Waals surface area contributed by atoms with Crippen molar-refractivity contribution in [3.05, 3.63) is 80.5 Å². The van der Waals surface area contributed by atoms with Gasteiger partial charge in [0.05, 0.1) is 19.8 Å². The van der Waals surface area contributed by atoms with Crippen LogP contribution in [-0.2, 0) is 14.8 Å². The zero-order chi connectivity index (χ0) is 26.6. The van der Waals surface area contributed by atoms with Crippen molar-refractivity contribution in [2.75, 3.05) is 18.4 Å². The number of nitrogens with zero attached hydrogens (tertiary/aromatic N) is 2. The maximum absolute atomic E-state index is 12.9. The molecule has 37 heavy (non-hydrogen) atoms. The molecule has 4 rings (SSSR count). The van der Waals surface area contributed by atoms with E-state index >= 15 is 0 Å². The van der Waals surface area contributed by atoms with E-state index < -0.39 is 10.0 Å². The number of rotatable bonds is 7. The van der Waals surface area contributed by atoms with Gasteiger partial charge in [0.25, 0.3) is 5.91 Å². The number of benzene rings is 2. The predicted molar refractivity (Wildman–Crippen MR) is 147 cm³/mol. The standard InChI is InChI=1S/C25H24Cl2N4O4S2/c1-16(18-3-2-4-20(15-18)28-25(33)22-9-10-23(27)36-22)29-30-24(32)17-11-13-31(14-12-17)37(34,35)21-7-5-19(26)6-8-21/h2-10,15,17H,11-14H2,1H3,(H,28,33)(H,30,32)/b29-16-. The molecule has 0 radical (unpaired) electrons. The van der Waals surface area contributed by atoms with E-state index in [0.29, 0.717) is 38.5 Å². The fraction of sp³-hybridized carbons (Fsp3) is 0.240. The summed E-state index contributed by atoms with van der Waals surface area (Å²) in [6.07, 6.45) is 0.781. The lowest BCUT2D eigenvalue weighted by atomic mass is 9.98. The molecule has 1 saturated heterocycles. The first-order valence-corrected chi connectivity index (χ1v) is 14.4. The molecule has 194 valence electrons. The molecule has 12 heteroatoms. The highest BCUT2D eigenvalue weighted by Crippen LogP contribution is 2.25. The van der Waals surface area contributed by atoms with Crippen LogP contribution in [-0.4, -0.2) is 43.3 Å². The van der Waals surface area contributed by atoms with Gasteiger partial charge < -0.3 is 5.32 Å². The molecular weight excluding hydrogens is 555 g/mol. The van der Waals surface area contributed by atoms with Crippen LogP contribution < -0.4 is 10.7 Å². The summed E-state index contributed by atoms with van der Waals surface area (Å²) in [7, 11) is -3.64. The Bertz CT molecular complexity index is 1430. The quantitative estimate of drug-likeness (QED) is 0.295. The van der Waals surface area contributed by atoms with E-state index in [2.05, 4.69) is 15.8 Å². The molecule has 0 aliphatic carbocycles. The number of piperidine rings is 1. The maximum atomic E-state index is 12.9. The third-order valence-electron chi connectivity index (χ3n) is 5.95. The van der Waals surface area contributed by atoms with Crippen molar-refractivity contribution in [1.82, 2.24) is 9.73 Å². The molecule has 2 amide bonds. The van der Waals surface area contributed by atoms with Gasteiger partial charge in [0.15, 0.2) is 0 Å². The monoisotopic (exact) mass is 578 g/mol. The number of nitrogens with one attached hydrogen (secondary N) is 2. The van der Waals surface area contributed by atoms with Gasteiger partial charge in [0.2, 0.25) is 15.9 Å². The first-order chi connectivity index (χ1) is 17.6. The number of carbonyl (C=O) groups is 2. The Morgan fingerprint density at radius 1 is 1.03 bits per heavy atom. The average Bonchev–Trinajstić information content (AvgIpc) is 3.34. The summed E-state index contributed by atoms with van der Waals surface area (Å²) >= 11 is 13.0. The van der Waals surface area contributed by atoms with E-state index in [1.165, 1.54) is 27.8 Å². The van der Waals surface area contributed by atoms with Crippen molar-refractivity contribution in [2.45, 2.75) is 24.7 Å². The molecule has 2 aromatic carbocycles. The molecule has 1 aliphatic heterocycles. The molecule has 2 N–H and O–H groups in total. The normalized spacial score (nSPS) is 15.4. The minimum absolute atomic E-state index is 0.178. The number of thiophene rings is 1. The number of halogens is 2. The Kier molecular flexibility index (Phi) is 8.66. The fourth-order valence-electron chi connectivity index (χ4n) is 3.86. The highest BCUT2D eigenvalue weighted by atomic mass is 35.5. The van der Waals surface area contributed by atoms with Crippen LogP contribution >= 0.6 is 34.5 Å². The van der Waals surface area contributed by atoms with Gasteiger partial charge in [-0.15, -0.1) is 11.3 Å². The Hall–Kier alpha value is -2.76. The summed E-state index contributed by atoms with van der Waals surface area (Å²) in [5.41, 5.74) is 4.47. The smallest absolute Gasteiger partial charge is 0.265 e. The van der Waals surface area contributed by atoms with E-state index in [-0.39, 0.29) is 35.7 Å². The third-order valence-corrected chi connectivity index (χ3v) is 9.34. The highest BCUT2D eigenvalue weighted by molar-refractivity contribution is 7.89. The summed E-state index contributed by atoms with van der Waals surface area (Å²) in [6.45, 7) is 2.23. The largest absolute Gasteiger partial charge is 0.321 e. The summed E-state index contributed by atoms with van der Waals surface area (Å²) in [5.74, 6) is -0.875. The van der Waals surface area contributed by atoms with Gasteiger partial charge >= 0.3 is 0 Å². The van der Waals surface area contributed by atoms with Crippen molar-refractivity contribution >= 4 is 67.8 Å². The SMILES string of the molecule is C/C(=N/NC(=O)C1CCN(S(=O)(=O)c2ccc(Cl)cc2)CC1)c1cccc(NC(=O)c2ccc(Cl)s2)c1. The lowest BCUT2D eigenvalue weighted by Crippen LogP contribution is -2.42. The van der Waals surface area contributed by atoms with Crippen LogP contribution in [0.5, 0.6) is 0 Å². The molecule has 2 heterocycles. The van der Waals surface area contributed by atoms with E-state index in [0.717, 1.165) is 5.56 Å². The van der Waals surface area contributed by atoms with Gasteiger partial charge in [0.1, 0.15) is 0 Å². The van der Waals surface area contributed by atoms with E-state index in [4.69, 9.17) is 23.2 Å². The molecule has 0 saturated carbocycles. The van der Waals surface area contributed by atoms with Crippen molar-refractivity contribution < 1.29 is 18.0 Å². The molecule has 1 fully saturated rings. The second-order valence-corrected chi connectivity index (χ2v) is 12.5. The van der Waals surface area contributed by atoms with E-state index in [1.807, 2.05) is 6.07 Å². The number of amides is 2. The van der Waals surface area contributed by atoms with Gasteiger partial charge in [-0.3, -0.25) is 9.59 Å². The maximum Gasteiger partial charge on any atom is 0.265 e. The number of anilines is 1. The molecule has 1 aliphatic rings. The van der Waals surface area contributed by atoms with Gasteiger partial charge in [0, 0.05) is 29.7 Å². The van der Waals surface area contributed by atoms with Crippen LogP contribution in [0.25, 0.3) is 0 Å². The van der Waals surface area contributed by atoms with Crippen LogP contribution in [0.15, 0.2) is 70.7 Å². The molecule has 3 aromatic rings. The van der Waals surface area contributed by atoms with E-state index in [9.17, 15) is 18.0 Å². The van der Waals surface area contributed by atoms with Crippen LogP contribution in [0.4, 0.5) is 5.69 Å². The number of hydrazone groups is 1. The molecule has 1 aromatic heterocycles. The van der Waals surface area contributed by atoms with Crippen LogP contribution in [0.2, 0.25) is 9.36 Å². The van der Waals surface area contributed by atoms with Gasteiger partial charge in [-0.25, -0.2) is 13.8 Å². The Balaban J connectivity index is 1.32. The molecule has 0 unspecified atom stereocenters. The number of carbonyl (C=O) groups excluding carboxylic acids is 2. The van der Waals surface area contributed by atoms with Crippen molar-refractivity contribution in [3.63, 3.8) is 0 Å². The predicted octanol–water partition coefficient (Wildman–Crippen LogP) is 5.25. The van der Waals surface area contributed by atoms with Crippen molar-refractivity contribution in [2.24, 2.45) is 11.0 Å². The first kappa shape index (κ1) is 27.3. The molecule has 0 atom stereocenters. The van der Waals surface area contributed by atoms with Crippen LogP contribution in [0, 0.1) is 5.92 Å². The lowest BCUT2D eigenvalue weighted by molar-refractivity contribution is -0.126. The van der Waals surface area contributed by atoms with Crippen LogP contribution in [0.1, 0.15) is 35.0 Å². The Morgan fingerprint density at radius 3 is 2.38 bits per heavy atom. The summed E-state index contributed by atoms with van der Waals surface area (Å²) in [4.78, 5) is 25.8. The Morgan fingerprint density at radius 2 is 1.73 bits per heavy atom. The van der Waals surface area contributed by atoms with Crippen molar-refractivity contribution in [1.29, 1.82) is 0 Å². The second-order valence-electron chi connectivity index (χ2n) is 8.44. The minimum atomic E-state index is -3.64. The second kappa shape index (κ2) is 11.7. The molecule has 8 nitrogen and oxygen atoms in total. The zero-order valence-corrected chi connectivity index (χ0v) is 22.9. The first-order valence-electron chi connectivity index (χ1n) is 11.4. The molecule has 0 bridgehead atoms. The summed E-state index contributed by atoms with van der Waals surface area (Å²) in [6, 6.07) is 16.5. The number of hydrogen-bond donors (Lipinski definition) is 2. The summed E-state index contributed by atoms with van der Waals surface area (Å²) in [5, 5.41) is 7.51. The molecular formula is C25H24Cl2N4O4S2. The number of hydrogen-bond acceptors (Lipinski definition) is 6. The zero-order valence-electron chi connectivity index (χ0n) is 19.8. The minimum Gasteiger partial charge on any atom is -0.321 e. The van der Waals surface area contributed by atoms with Crippen molar-refractivity contribution in [3.8, 4) is 0 Å². The summed E-state index contributed by atoms with van der Waals surface area (Å²) < 4.78 is 27.6. The number of sulfonamides is 1. The molecule has 0 spiro atoms. The van der Waals surface area contributed by atoms with Gasteiger partial charge in [-0.05, 0) is 73.9 Å². The van der Waals surface area contributed by atoms with E-state index in [1.54, 1.807) is 49.4 Å². The topological polar surface area (TPSA) is 108 Å². The Labute approximate surface area is 229 Å². The average molecular weight is 580 g/mol.